The van der Waals surface area contributed by atoms with Gasteiger partial charge in [-0.15, -0.1) is 0 Å². The normalized spacial score (nSPS) is 13.9. The van der Waals surface area contributed by atoms with Crippen LogP contribution in [0.4, 0.5) is 0 Å². The summed E-state index contributed by atoms with van der Waals surface area (Å²) in [6.07, 6.45) is 3.40. The van der Waals surface area contributed by atoms with Crippen molar-refractivity contribution in [2.24, 2.45) is 7.05 Å². The summed E-state index contributed by atoms with van der Waals surface area (Å²) < 4.78 is 3.50. The number of amides is 2. The smallest absolute Gasteiger partial charge is 0.276 e. The van der Waals surface area contributed by atoms with E-state index in [0.717, 1.165) is 5.69 Å². The highest BCUT2D eigenvalue weighted by Gasteiger charge is 2.24. The Bertz CT molecular complexity index is 702. The molecular weight excluding hydrogens is 274 g/mol. The second-order valence-electron chi connectivity index (χ2n) is 4.96. The minimum absolute atomic E-state index is 0.129. The Kier molecular flexibility index (Phi) is 3.22. The van der Waals surface area contributed by atoms with Crippen molar-refractivity contribution in [3.05, 3.63) is 41.5 Å². The van der Waals surface area contributed by atoms with E-state index in [0.29, 0.717) is 30.9 Å². The molecule has 1 aliphatic rings. The first-order valence-corrected chi connectivity index (χ1v) is 6.51. The maximum Gasteiger partial charge on any atom is 0.276 e. The van der Waals surface area contributed by atoms with Crippen LogP contribution < -0.4 is 5.48 Å². The van der Waals surface area contributed by atoms with Gasteiger partial charge in [0.15, 0.2) is 0 Å². The lowest BCUT2D eigenvalue weighted by atomic mass is 10.2. The lowest BCUT2D eigenvalue weighted by molar-refractivity contribution is 0.0699. The van der Waals surface area contributed by atoms with E-state index >= 15 is 0 Å². The standard InChI is InChI=1S/C13H15N5O3/c1-16-3-2-11(14-16)13(20)18-5-4-17-7-9(12(19)15-21)6-10(17)8-18/h2-3,6-7,21H,4-5,8H2,1H3,(H,15,19). The molecule has 0 unspecified atom stereocenters. The van der Waals surface area contributed by atoms with E-state index in [1.165, 1.54) is 0 Å². The van der Waals surface area contributed by atoms with Gasteiger partial charge in [0.2, 0.25) is 0 Å². The summed E-state index contributed by atoms with van der Waals surface area (Å²) in [4.78, 5) is 25.4. The first-order chi connectivity index (χ1) is 10.1. The van der Waals surface area contributed by atoms with Gasteiger partial charge in [-0.05, 0) is 12.1 Å². The Balaban J connectivity index is 1.79. The third-order valence-corrected chi connectivity index (χ3v) is 3.53. The van der Waals surface area contributed by atoms with E-state index in [9.17, 15) is 9.59 Å². The second kappa shape index (κ2) is 5.06. The third kappa shape index (κ3) is 2.40. The van der Waals surface area contributed by atoms with Crippen molar-refractivity contribution in [2.45, 2.75) is 13.1 Å². The van der Waals surface area contributed by atoms with E-state index in [1.54, 1.807) is 46.6 Å². The molecule has 0 spiro atoms. The zero-order chi connectivity index (χ0) is 15.0. The molecule has 0 radical (unpaired) electrons. The molecule has 2 aromatic rings. The highest BCUT2D eigenvalue weighted by Crippen LogP contribution is 2.18. The van der Waals surface area contributed by atoms with Gasteiger partial charge in [-0.25, -0.2) is 5.48 Å². The number of nitrogens with zero attached hydrogens (tertiary/aromatic N) is 4. The zero-order valence-corrected chi connectivity index (χ0v) is 11.5. The Labute approximate surface area is 120 Å². The average molecular weight is 289 g/mol. The van der Waals surface area contributed by atoms with Gasteiger partial charge in [0, 0.05) is 38.2 Å². The topological polar surface area (TPSA) is 92.4 Å². The molecule has 2 aromatic heterocycles. The fourth-order valence-electron chi connectivity index (χ4n) is 2.45. The van der Waals surface area contributed by atoms with E-state index in [4.69, 9.17) is 5.21 Å². The minimum Gasteiger partial charge on any atom is -0.347 e. The molecular formula is C13H15N5O3. The number of carbonyl (C=O) groups is 2. The van der Waals surface area contributed by atoms with Gasteiger partial charge in [0.1, 0.15) is 5.69 Å². The third-order valence-electron chi connectivity index (χ3n) is 3.53. The molecule has 0 atom stereocenters. The van der Waals surface area contributed by atoms with Crippen molar-refractivity contribution in [1.82, 2.24) is 24.7 Å². The Morgan fingerprint density at radius 2 is 2.19 bits per heavy atom. The van der Waals surface area contributed by atoms with E-state index in [1.807, 2.05) is 4.57 Å². The monoisotopic (exact) mass is 289 g/mol. The number of fused-ring (bicyclic) bond motifs is 1. The quantitative estimate of drug-likeness (QED) is 0.601. The molecule has 21 heavy (non-hydrogen) atoms. The summed E-state index contributed by atoms with van der Waals surface area (Å²) >= 11 is 0. The molecule has 2 amide bonds. The van der Waals surface area contributed by atoms with E-state index in [2.05, 4.69) is 5.10 Å². The predicted molar refractivity (Wildman–Crippen MR) is 71.6 cm³/mol. The van der Waals surface area contributed by atoms with Crippen molar-refractivity contribution in [1.29, 1.82) is 0 Å². The molecule has 0 saturated carbocycles. The van der Waals surface area contributed by atoms with Crippen LogP contribution in [0, 0.1) is 0 Å². The zero-order valence-electron chi connectivity index (χ0n) is 11.5. The lowest BCUT2D eigenvalue weighted by Crippen LogP contribution is -2.38. The number of aryl methyl sites for hydroxylation is 1. The number of carbonyl (C=O) groups excluding carboxylic acids is 2. The molecule has 3 heterocycles. The van der Waals surface area contributed by atoms with Crippen molar-refractivity contribution in [2.75, 3.05) is 6.54 Å². The molecule has 8 nitrogen and oxygen atoms in total. The molecule has 0 aromatic carbocycles. The van der Waals surface area contributed by atoms with Crippen LogP contribution >= 0.6 is 0 Å². The number of nitrogens with one attached hydrogen (secondary N) is 1. The SMILES string of the molecule is Cn1ccc(C(=O)N2CCn3cc(C(=O)NO)cc3C2)n1. The number of aromatic nitrogens is 3. The highest BCUT2D eigenvalue weighted by atomic mass is 16.5. The van der Waals surface area contributed by atoms with Crippen LogP contribution in [-0.4, -0.2) is 42.8 Å². The largest absolute Gasteiger partial charge is 0.347 e. The summed E-state index contributed by atoms with van der Waals surface area (Å²) in [7, 11) is 1.76. The summed E-state index contributed by atoms with van der Waals surface area (Å²) in [5.41, 5.74) is 3.24. The molecule has 110 valence electrons. The van der Waals surface area contributed by atoms with Gasteiger partial charge in [-0.1, -0.05) is 0 Å². The summed E-state index contributed by atoms with van der Waals surface area (Å²) in [5, 5.41) is 12.8. The predicted octanol–water partition coefficient (Wildman–Crippen LogP) is -0.00340. The Morgan fingerprint density at radius 1 is 1.38 bits per heavy atom. The molecule has 8 heteroatoms. The summed E-state index contributed by atoms with van der Waals surface area (Å²) in [6.45, 7) is 1.57. The van der Waals surface area contributed by atoms with Crippen LogP contribution in [0.5, 0.6) is 0 Å². The molecule has 1 aliphatic heterocycles. The maximum atomic E-state index is 12.3. The first kappa shape index (κ1) is 13.4. The second-order valence-corrected chi connectivity index (χ2v) is 4.96. The van der Waals surface area contributed by atoms with Gasteiger partial charge >= 0.3 is 0 Å². The fraction of sp³-hybridized carbons (Fsp3) is 0.308. The minimum atomic E-state index is -0.556. The van der Waals surface area contributed by atoms with Crippen LogP contribution in [-0.2, 0) is 20.1 Å². The van der Waals surface area contributed by atoms with Gasteiger partial charge < -0.3 is 9.47 Å². The van der Waals surface area contributed by atoms with Crippen LogP contribution in [0.3, 0.4) is 0 Å². The summed E-state index contributed by atoms with van der Waals surface area (Å²) in [6, 6.07) is 3.35. The molecule has 2 N–H and O–H groups in total. The molecule has 0 fully saturated rings. The van der Waals surface area contributed by atoms with Crippen molar-refractivity contribution in [3.63, 3.8) is 0 Å². The molecule has 0 saturated heterocycles. The number of rotatable bonds is 2. The molecule has 3 rings (SSSR count). The van der Waals surface area contributed by atoms with Crippen LogP contribution in [0.2, 0.25) is 0 Å². The number of hydroxylamine groups is 1. The van der Waals surface area contributed by atoms with Gasteiger partial charge in [-0.3, -0.25) is 19.5 Å². The number of hydrogen-bond donors (Lipinski definition) is 2. The Hall–Kier alpha value is -2.61. The van der Waals surface area contributed by atoms with E-state index < -0.39 is 5.91 Å². The van der Waals surface area contributed by atoms with Crippen LogP contribution in [0.1, 0.15) is 26.5 Å². The molecule has 0 aliphatic carbocycles. The Morgan fingerprint density at radius 3 is 2.86 bits per heavy atom. The maximum absolute atomic E-state index is 12.3. The number of hydrogen-bond acceptors (Lipinski definition) is 4. The van der Waals surface area contributed by atoms with Gasteiger partial charge in [0.05, 0.1) is 12.1 Å². The highest BCUT2D eigenvalue weighted by molar-refractivity contribution is 5.94. The van der Waals surface area contributed by atoms with Crippen molar-refractivity contribution >= 4 is 11.8 Å². The van der Waals surface area contributed by atoms with Crippen molar-refractivity contribution in [3.8, 4) is 0 Å². The summed E-state index contributed by atoms with van der Waals surface area (Å²) in [5.74, 6) is -0.685. The van der Waals surface area contributed by atoms with Gasteiger partial charge in [-0.2, -0.15) is 5.10 Å². The van der Waals surface area contributed by atoms with Crippen LogP contribution in [0.15, 0.2) is 24.5 Å². The van der Waals surface area contributed by atoms with Crippen molar-refractivity contribution < 1.29 is 14.8 Å². The van der Waals surface area contributed by atoms with Crippen LogP contribution in [0.25, 0.3) is 0 Å². The first-order valence-electron chi connectivity index (χ1n) is 6.51. The molecule has 0 bridgehead atoms. The fourth-order valence-corrected chi connectivity index (χ4v) is 2.45. The van der Waals surface area contributed by atoms with Gasteiger partial charge in [0.25, 0.3) is 11.8 Å². The average Bonchev–Trinajstić information content (AvgIpc) is 3.10. The van der Waals surface area contributed by atoms with E-state index in [-0.39, 0.29) is 5.91 Å². The lowest BCUT2D eigenvalue weighted by Gasteiger charge is -2.27.